The van der Waals surface area contributed by atoms with Gasteiger partial charge in [0.15, 0.2) is 5.78 Å². The highest BCUT2D eigenvalue weighted by molar-refractivity contribution is 7.17. The Labute approximate surface area is 224 Å². The highest BCUT2D eigenvalue weighted by Gasteiger charge is 2.52. The van der Waals surface area contributed by atoms with Crippen LogP contribution in [-0.4, -0.2) is 74.5 Å². The number of nitrogens with one attached hydrogen (secondary N) is 1. The first kappa shape index (κ1) is 25.7. The second-order valence-corrected chi connectivity index (χ2v) is 10.6. The van der Waals surface area contributed by atoms with E-state index in [0.717, 1.165) is 16.1 Å². The highest BCUT2D eigenvalue weighted by Crippen LogP contribution is 2.31. The second kappa shape index (κ2) is 11.2. The van der Waals surface area contributed by atoms with E-state index in [4.69, 9.17) is 0 Å². The van der Waals surface area contributed by atoms with Crippen LogP contribution in [0.5, 0.6) is 0 Å². The van der Waals surface area contributed by atoms with Gasteiger partial charge in [-0.2, -0.15) is 0 Å². The quantitative estimate of drug-likeness (QED) is 0.478. The van der Waals surface area contributed by atoms with Crippen LogP contribution in [0, 0.1) is 0 Å². The number of carbonyl (C=O) groups is 4. The molecule has 0 aromatic carbocycles. The Bertz CT molecular complexity index is 1330. The maximum atomic E-state index is 13.6. The van der Waals surface area contributed by atoms with Crippen molar-refractivity contribution < 1.29 is 19.2 Å². The fraction of sp³-hybridized carbons (Fsp3) is 0.357. The van der Waals surface area contributed by atoms with Gasteiger partial charge in [-0.1, -0.05) is 25.5 Å². The zero-order valence-corrected chi connectivity index (χ0v) is 21.9. The normalized spacial score (nSPS) is 19.3. The third kappa shape index (κ3) is 5.22. The Morgan fingerprint density at radius 3 is 2.71 bits per heavy atom. The van der Waals surface area contributed by atoms with Gasteiger partial charge in [0, 0.05) is 25.1 Å². The predicted octanol–water partition coefficient (Wildman–Crippen LogP) is 2.73. The summed E-state index contributed by atoms with van der Waals surface area (Å²) in [5, 5.41) is 2.90. The summed E-state index contributed by atoms with van der Waals surface area (Å²) >= 11 is 1.32. The van der Waals surface area contributed by atoms with E-state index in [1.807, 2.05) is 37.3 Å². The summed E-state index contributed by atoms with van der Waals surface area (Å²) in [6.45, 7) is 2.31. The molecule has 2 saturated heterocycles. The average molecular weight is 532 g/mol. The summed E-state index contributed by atoms with van der Waals surface area (Å²) in [7, 11) is 0. The minimum atomic E-state index is -0.750. The van der Waals surface area contributed by atoms with Crippen LogP contribution in [0.2, 0.25) is 0 Å². The Morgan fingerprint density at radius 2 is 1.97 bits per heavy atom. The molecule has 3 amide bonds. The molecular formula is C28H29N5O4S. The number of rotatable bonds is 8. The minimum Gasteiger partial charge on any atom is -0.340 e. The lowest BCUT2D eigenvalue weighted by molar-refractivity contribution is -0.138. The van der Waals surface area contributed by atoms with Crippen molar-refractivity contribution in [1.82, 2.24) is 25.1 Å². The van der Waals surface area contributed by atoms with Gasteiger partial charge in [0.05, 0.1) is 34.5 Å². The van der Waals surface area contributed by atoms with Crippen molar-refractivity contribution in [1.29, 1.82) is 0 Å². The molecule has 5 heterocycles. The first-order valence-electron chi connectivity index (χ1n) is 12.8. The Balaban J connectivity index is 1.26. The number of likely N-dealkylation sites (tertiary alicyclic amines) is 2. The number of nitrogens with zero attached hydrogens (tertiary/aromatic N) is 4. The molecule has 0 bridgehead atoms. The molecule has 38 heavy (non-hydrogen) atoms. The summed E-state index contributed by atoms with van der Waals surface area (Å²) in [5.41, 5.74) is 1.56. The van der Waals surface area contributed by atoms with Gasteiger partial charge in [-0.25, -0.2) is 0 Å². The summed E-state index contributed by atoms with van der Waals surface area (Å²) < 4.78 is 0. The van der Waals surface area contributed by atoms with Crippen LogP contribution < -0.4 is 5.32 Å². The maximum Gasteiger partial charge on any atom is 0.262 e. The van der Waals surface area contributed by atoms with Crippen molar-refractivity contribution in [3.8, 4) is 10.6 Å². The molecule has 0 spiro atoms. The van der Waals surface area contributed by atoms with E-state index < -0.39 is 12.1 Å². The minimum absolute atomic E-state index is 0.00545. The lowest BCUT2D eigenvalue weighted by Crippen LogP contribution is -2.52. The van der Waals surface area contributed by atoms with Crippen LogP contribution in [0.1, 0.15) is 41.4 Å². The molecule has 10 heteroatoms. The number of carbonyl (C=O) groups excluding carboxylic acids is 4. The van der Waals surface area contributed by atoms with E-state index in [-0.39, 0.29) is 42.5 Å². The number of Topliss-reactive ketones (excluding diaryl/α,β-unsaturated/α-hetero) is 1. The molecule has 9 nitrogen and oxygen atoms in total. The molecule has 3 atom stereocenters. The molecular weight excluding hydrogens is 502 g/mol. The van der Waals surface area contributed by atoms with Crippen LogP contribution in [0.25, 0.3) is 10.6 Å². The Morgan fingerprint density at radius 1 is 1.11 bits per heavy atom. The van der Waals surface area contributed by atoms with E-state index in [1.54, 1.807) is 40.5 Å². The predicted molar refractivity (Wildman–Crippen MR) is 142 cm³/mol. The van der Waals surface area contributed by atoms with Crippen LogP contribution in [0.3, 0.4) is 0 Å². The molecule has 0 saturated carbocycles. The summed E-state index contributed by atoms with van der Waals surface area (Å²) in [6, 6.07) is 11.0. The number of ketones is 1. The second-order valence-electron chi connectivity index (χ2n) is 9.55. The van der Waals surface area contributed by atoms with Gasteiger partial charge in [-0.3, -0.25) is 29.1 Å². The Kier molecular flexibility index (Phi) is 7.59. The molecule has 3 aromatic heterocycles. The topological polar surface area (TPSA) is 113 Å². The molecule has 1 N–H and O–H groups in total. The number of fused-ring (bicyclic) bond motifs is 1. The SMILES string of the molecule is CCCC(NC(=O)c1ccc(-c2ccccn2)s1)C(=O)N1CCC2C1C(=O)CN2C(=O)Cc1cccnc1. The zero-order valence-electron chi connectivity index (χ0n) is 21.1. The van der Waals surface area contributed by atoms with Gasteiger partial charge >= 0.3 is 0 Å². The molecule has 196 valence electrons. The molecule has 2 aliphatic heterocycles. The van der Waals surface area contributed by atoms with Gasteiger partial charge in [0.2, 0.25) is 11.8 Å². The molecule has 3 unspecified atom stereocenters. The van der Waals surface area contributed by atoms with Crippen molar-refractivity contribution in [2.45, 2.75) is 50.7 Å². The average Bonchev–Trinajstić information content (AvgIpc) is 3.67. The van der Waals surface area contributed by atoms with Crippen molar-refractivity contribution in [2.24, 2.45) is 0 Å². The van der Waals surface area contributed by atoms with E-state index in [0.29, 0.717) is 30.7 Å². The van der Waals surface area contributed by atoms with Crippen molar-refractivity contribution in [3.63, 3.8) is 0 Å². The molecule has 0 radical (unpaired) electrons. The summed E-state index contributed by atoms with van der Waals surface area (Å²) in [6.07, 6.45) is 6.82. The third-order valence-corrected chi connectivity index (χ3v) is 8.14. The van der Waals surface area contributed by atoms with Crippen molar-refractivity contribution in [3.05, 3.63) is 71.5 Å². The van der Waals surface area contributed by atoms with Gasteiger partial charge < -0.3 is 15.1 Å². The van der Waals surface area contributed by atoms with Gasteiger partial charge in [-0.15, -0.1) is 11.3 Å². The molecule has 3 aromatic rings. The molecule has 0 aliphatic carbocycles. The largest absolute Gasteiger partial charge is 0.340 e. The summed E-state index contributed by atoms with van der Waals surface area (Å²) in [5.74, 6) is -0.886. The van der Waals surface area contributed by atoms with Crippen LogP contribution in [0.4, 0.5) is 0 Å². The standard InChI is InChI=1S/C28H29N5O4S/c1-2-6-20(31-27(36)24-10-9-23(38-24)19-8-3-4-13-30-19)28(37)32-14-11-21-26(32)22(34)17-33(21)25(35)15-18-7-5-12-29-16-18/h3-5,7-10,12-13,16,20-21,26H,2,6,11,14-15,17H2,1H3,(H,31,36). The maximum absolute atomic E-state index is 13.6. The number of hydrogen-bond acceptors (Lipinski definition) is 7. The lowest BCUT2D eigenvalue weighted by atomic mass is 10.1. The third-order valence-electron chi connectivity index (χ3n) is 7.03. The van der Waals surface area contributed by atoms with Crippen molar-refractivity contribution >= 4 is 34.8 Å². The van der Waals surface area contributed by atoms with Crippen LogP contribution >= 0.6 is 11.3 Å². The molecule has 2 aliphatic rings. The van der Waals surface area contributed by atoms with Crippen LogP contribution in [-0.2, 0) is 20.8 Å². The monoisotopic (exact) mass is 531 g/mol. The first-order chi connectivity index (χ1) is 18.5. The lowest BCUT2D eigenvalue weighted by Gasteiger charge is -2.28. The number of amides is 3. The van der Waals surface area contributed by atoms with Gasteiger partial charge in [-0.05, 0) is 48.7 Å². The summed E-state index contributed by atoms with van der Waals surface area (Å²) in [4.78, 5) is 65.6. The zero-order chi connectivity index (χ0) is 26.6. The smallest absolute Gasteiger partial charge is 0.262 e. The highest BCUT2D eigenvalue weighted by atomic mass is 32.1. The number of hydrogen-bond donors (Lipinski definition) is 1. The van der Waals surface area contributed by atoms with E-state index in [2.05, 4.69) is 15.3 Å². The van der Waals surface area contributed by atoms with E-state index >= 15 is 0 Å². The van der Waals surface area contributed by atoms with E-state index in [1.165, 1.54) is 11.3 Å². The number of pyridine rings is 2. The van der Waals surface area contributed by atoms with Crippen LogP contribution in [0.15, 0.2) is 61.1 Å². The van der Waals surface area contributed by atoms with E-state index in [9.17, 15) is 19.2 Å². The van der Waals surface area contributed by atoms with Gasteiger partial charge in [0.1, 0.15) is 12.1 Å². The number of aromatic nitrogens is 2. The fourth-order valence-electron chi connectivity index (χ4n) is 5.25. The number of thiophene rings is 1. The van der Waals surface area contributed by atoms with Crippen molar-refractivity contribution in [2.75, 3.05) is 13.1 Å². The first-order valence-corrected chi connectivity index (χ1v) is 13.6. The van der Waals surface area contributed by atoms with Gasteiger partial charge in [0.25, 0.3) is 5.91 Å². The Hall–Kier alpha value is -3.92. The fourth-order valence-corrected chi connectivity index (χ4v) is 6.14. The molecule has 2 fully saturated rings. The molecule has 5 rings (SSSR count).